The number of nitrogens with zero attached hydrogens (tertiary/aromatic N) is 3. The van der Waals surface area contributed by atoms with E-state index in [4.69, 9.17) is 0 Å². The molecule has 0 aliphatic heterocycles. The second-order valence-electron chi connectivity index (χ2n) is 4.90. The van der Waals surface area contributed by atoms with Gasteiger partial charge in [-0.3, -0.25) is 4.79 Å². The van der Waals surface area contributed by atoms with Gasteiger partial charge in [-0.05, 0) is 31.9 Å². The van der Waals surface area contributed by atoms with Crippen molar-refractivity contribution in [3.05, 3.63) is 47.9 Å². The molecule has 0 atom stereocenters. The van der Waals surface area contributed by atoms with E-state index in [0.717, 1.165) is 36.6 Å². The quantitative estimate of drug-likeness (QED) is 0.890. The van der Waals surface area contributed by atoms with Crippen LogP contribution in [0.3, 0.4) is 0 Å². The van der Waals surface area contributed by atoms with Crippen molar-refractivity contribution in [1.29, 1.82) is 0 Å². The molecule has 0 saturated heterocycles. The normalized spacial score (nSPS) is 10.3. The number of nitrogens with one attached hydrogen (secondary N) is 1. The van der Waals surface area contributed by atoms with Crippen LogP contribution in [0, 0.1) is 0 Å². The first-order valence-electron chi connectivity index (χ1n) is 7.65. The molecule has 1 N–H and O–H groups in total. The van der Waals surface area contributed by atoms with E-state index in [1.54, 1.807) is 6.07 Å². The number of carbonyl (C=O) groups is 1. The van der Waals surface area contributed by atoms with Crippen molar-refractivity contribution in [2.45, 2.75) is 27.2 Å². The highest BCUT2D eigenvalue weighted by Gasteiger charge is 2.12. The Morgan fingerprint density at radius 2 is 1.86 bits per heavy atom. The van der Waals surface area contributed by atoms with Crippen molar-refractivity contribution in [3.63, 3.8) is 0 Å². The van der Waals surface area contributed by atoms with Gasteiger partial charge in [-0.25, -0.2) is 9.97 Å². The van der Waals surface area contributed by atoms with E-state index >= 15 is 0 Å². The number of hydrogen-bond acceptors (Lipinski definition) is 4. The van der Waals surface area contributed by atoms with E-state index in [9.17, 15) is 4.79 Å². The fourth-order valence-corrected chi connectivity index (χ4v) is 2.33. The van der Waals surface area contributed by atoms with Crippen molar-refractivity contribution >= 4 is 17.4 Å². The molecule has 0 saturated carbocycles. The molecular formula is C17H22N4O. The number of hydrogen-bond donors (Lipinski definition) is 1. The Kier molecular flexibility index (Phi) is 5.47. The number of anilines is 2. The van der Waals surface area contributed by atoms with E-state index in [2.05, 4.69) is 41.0 Å². The highest BCUT2D eigenvalue weighted by atomic mass is 16.1. The number of amides is 1. The minimum atomic E-state index is -0.211. The zero-order valence-corrected chi connectivity index (χ0v) is 13.3. The summed E-state index contributed by atoms with van der Waals surface area (Å²) in [6.07, 6.45) is 2.30. The maximum absolute atomic E-state index is 12.4. The van der Waals surface area contributed by atoms with Crippen LogP contribution in [-0.4, -0.2) is 29.0 Å². The number of carbonyl (C=O) groups excluding carboxylic acids is 1. The molecule has 1 aromatic carbocycles. The van der Waals surface area contributed by atoms with Crippen LogP contribution in [-0.2, 0) is 6.42 Å². The van der Waals surface area contributed by atoms with Crippen molar-refractivity contribution in [3.8, 4) is 0 Å². The number of aromatic nitrogens is 2. The molecule has 1 aromatic heterocycles. The summed E-state index contributed by atoms with van der Waals surface area (Å²) in [4.78, 5) is 22.8. The third-order valence-electron chi connectivity index (χ3n) is 3.62. The van der Waals surface area contributed by atoms with E-state index in [1.807, 2.05) is 24.3 Å². The molecule has 0 aliphatic carbocycles. The Labute approximate surface area is 131 Å². The van der Waals surface area contributed by atoms with Crippen LogP contribution in [0.25, 0.3) is 0 Å². The third-order valence-corrected chi connectivity index (χ3v) is 3.62. The lowest BCUT2D eigenvalue weighted by Crippen LogP contribution is -2.24. The highest BCUT2D eigenvalue weighted by molar-refractivity contribution is 6.03. The van der Waals surface area contributed by atoms with Crippen LogP contribution < -0.4 is 10.2 Å². The first-order chi connectivity index (χ1) is 10.7. The molecule has 0 aliphatic rings. The van der Waals surface area contributed by atoms with Gasteiger partial charge in [-0.2, -0.15) is 0 Å². The summed E-state index contributed by atoms with van der Waals surface area (Å²) >= 11 is 0. The molecule has 0 fully saturated rings. The average Bonchev–Trinajstić information content (AvgIpc) is 2.57. The molecule has 0 unspecified atom stereocenters. The number of rotatable bonds is 6. The molecule has 2 rings (SSSR count). The molecule has 1 amide bonds. The van der Waals surface area contributed by atoms with Crippen LogP contribution in [0.2, 0.25) is 0 Å². The number of para-hydroxylation sites is 1. The Balaban J connectivity index is 2.21. The Morgan fingerprint density at radius 1 is 1.14 bits per heavy atom. The summed E-state index contributed by atoms with van der Waals surface area (Å²) in [7, 11) is 0. The van der Waals surface area contributed by atoms with Gasteiger partial charge < -0.3 is 10.2 Å². The molecule has 2 aromatic rings. The van der Waals surface area contributed by atoms with Crippen LogP contribution in [0.4, 0.5) is 11.5 Å². The van der Waals surface area contributed by atoms with Gasteiger partial charge in [0.15, 0.2) is 0 Å². The molecule has 22 heavy (non-hydrogen) atoms. The second-order valence-corrected chi connectivity index (χ2v) is 4.90. The van der Waals surface area contributed by atoms with Gasteiger partial charge in [-0.1, -0.05) is 25.1 Å². The summed E-state index contributed by atoms with van der Waals surface area (Å²) in [5, 5.41) is 2.93. The van der Waals surface area contributed by atoms with E-state index in [0.29, 0.717) is 5.69 Å². The SMILES string of the molecule is CCc1ccccc1NC(=O)c1cc(N(CC)CC)ncn1. The molecule has 5 heteroatoms. The molecule has 0 bridgehead atoms. The molecule has 1 heterocycles. The Hall–Kier alpha value is -2.43. The summed E-state index contributed by atoms with van der Waals surface area (Å²) in [5.74, 6) is 0.561. The van der Waals surface area contributed by atoms with Gasteiger partial charge in [-0.15, -0.1) is 0 Å². The van der Waals surface area contributed by atoms with Gasteiger partial charge in [0.25, 0.3) is 5.91 Å². The third kappa shape index (κ3) is 3.61. The lowest BCUT2D eigenvalue weighted by Gasteiger charge is -2.19. The van der Waals surface area contributed by atoms with Crippen molar-refractivity contribution in [1.82, 2.24) is 9.97 Å². The molecule has 0 radical (unpaired) electrons. The predicted octanol–water partition coefficient (Wildman–Crippen LogP) is 3.14. The van der Waals surface area contributed by atoms with Gasteiger partial charge in [0.1, 0.15) is 17.8 Å². The largest absolute Gasteiger partial charge is 0.357 e. The maximum Gasteiger partial charge on any atom is 0.274 e. The number of aryl methyl sites for hydroxylation is 1. The summed E-state index contributed by atoms with van der Waals surface area (Å²) in [5.41, 5.74) is 2.31. The Bertz CT molecular complexity index is 638. The van der Waals surface area contributed by atoms with Crippen molar-refractivity contribution < 1.29 is 4.79 Å². The van der Waals surface area contributed by atoms with Gasteiger partial charge in [0, 0.05) is 24.8 Å². The summed E-state index contributed by atoms with van der Waals surface area (Å²) < 4.78 is 0. The maximum atomic E-state index is 12.4. The van der Waals surface area contributed by atoms with Gasteiger partial charge in [0.2, 0.25) is 0 Å². The Morgan fingerprint density at radius 3 is 2.55 bits per heavy atom. The lowest BCUT2D eigenvalue weighted by atomic mass is 10.1. The van der Waals surface area contributed by atoms with Crippen molar-refractivity contribution in [2.24, 2.45) is 0 Å². The first kappa shape index (κ1) is 15.9. The van der Waals surface area contributed by atoms with Crippen LogP contribution in [0.15, 0.2) is 36.7 Å². The van der Waals surface area contributed by atoms with E-state index in [-0.39, 0.29) is 5.91 Å². The van der Waals surface area contributed by atoms with Crippen molar-refractivity contribution in [2.75, 3.05) is 23.3 Å². The molecule has 0 spiro atoms. The fraction of sp³-hybridized carbons (Fsp3) is 0.353. The summed E-state index contributed by atoms with van der Waals surface area (Å²) in [6, 6.07) is 9.53. The topological polar surface area (TPSA) is 58.1 Å². The zero-order chi connectivity index (χ0) is 15.9. The summed E-state index contributed by atoms with van der Waals surface area (Å²) in [6.45, 7) is 7.86. The van der Waals surface area contributed by atoms with Gasteiger partial charge >= 0.3 is 0 Å². The molecular weight excluding hydrogens is 276 g/mol. The standard InChI is InChI=1S/C17H22N4O/c1-4-13-9-7-8-10-14(13)20-17(22)15-11-16(19-12-18-15)21(5-2)6-3/h7-12H,4-6H2,1-3H3,(H,20,22). The average molecular weight is 298 g/mol. The van der Waals surface area contributed by atoms with Crippen LogP contribution >= 0.6 is 0 Å². The predicted molar refractivity (Wildman–Crippen MR) is 89.4 cm³/mol. The first-order valence-corrected chi connectivity index (χ1v) is 7.65. The smallest absolute Gasteiger partial charge is 0.274 e. The van der Waals surface area contributed by atoms with Gasteiger partial charge in [0.05, 0.1) is 0 Å². The number of benzene rings is 1. The molecule has 5 nitrogen and oxygen atoms in total. The second kappa shape index (κ2) is 7.54. The fourth-order valence-electron chi connectivity index (χ4n) is 2.33. The van der Waals surface area contributed by atoms with E-state index < -0.39 is 0 Å². The monoisotopic (exact) mass is 298 g/mol. The van der Waals surface area contributed by atoms with E-state index in [1.165, 1.54) is 6.33 Å². The lowest BCUT2D eigenvalue weighted by molar-refractivity contribution is 0.102. The minimum absolute atomic E-state index is 0.211. The highest BCUT2D eigenvalue weighted by Crippen LogP contribution is 2.17. The minimum Gasteiger partial charge on any atom is -0.357 e. The van der Waals surface area contributed by atoms with Crippen LogP contribution in [0.5, 0.6) is 0 Å². The van der Waals surface area contributed by atoms with Crippen LogP contribution in [0.1, 0.15) is 36.8 Å². The molecule has 116 valence electrons. The zero-order valence-electron chi connectivity index (χ0n) is 13.3.